The highest BCUT2D eigenvalue weighted by molar-refractivity contribution is 7.92. The first-order valence-electron chi connectivity index (χ1n) is 8.64. The lowest BCUT2D eigenvalue weighted by Gasteiger charge is -2.28. The van der Waals surface area contributed by atoms with E-state index in [1.54, 1.807) is 19.1 Å². The van der Waals surface area contributed by atoms with Crippen molar-refractivity contribution in [2.45, 2.75) is 39.8 Å². The summed E-state index contributed by atoms with van der Waals surface area (Å²) in [6.45, 7) is 5.97. The number of anilines is 1. The molecule has 2 aromatic carbocycles. The first-order valence-corrected chi connectivity index (χ1v) is 10.5. The molecular weight excluding hydrogens is 348 g/mol. The normalized spacial score (nSPS) is 12.5. The second-order valence-electron chi connectivity index (χ2n) is 6.46. The molecule has 1 atom stereocenters. The van der Waals surface area contributed by atoms with Crippen LogP contribution in [0.1, 0.15) is 30.5 Å². The van der Waals surface area contributed by atoms with Gasteiger partial charge in [-0.15, -0.1) is 0 Å². The largest absolute Gasteiger partial charge is 0.350 e. The van der Waals surface area contributed by atoms with Crippen molar-refractivity contribution in [3.8, 4) is 0 Å². The molecule has 140 valence electrons. The van der Waals surface area contributed by atoms with Crippen molar-refractivity contribution in [3.05, 3.63) is 65.2 Å². The van der Waals surface area contributed by atoms with Gasteiger partial charge in [0.2, 0.25) is 15.9 Å². The minimum Gasteiger partial charge on any atom is -0.350 e. The zero-order chi connectivity index (χ0) is 19.3. The molecule has 0 saturated carbocycles. The Labute approximate surface area is 156 Å². The molecule has 0 aliphatic heterocycles. The van der Waals surface area contributed by atoms with E-state index < -0.39 is 16.1 Å². The maximum atomic E-state index is 12.6. The highest BCUT2D eigenvalue weighted by atomic mass is 32.2. The maximum absolute atomic E-state index is 12.6. The van der Waals surface area contributed by atoms with Gasteiger partial charge in [-0.25, -0.2) is 8.42 Å². The van der Waals surface area contributed by atoms with E-state index in [0.717, 1.165) is 33.7 Å². The minimum atomic E-state index is -3.60. The molecule has 0 aliphatic carbocycles. The Kier molecular flexibility index (Phi) is 6.42. The number of hydrogen-bond donors (Lipinski definition) is 1. The van der Waals surface area contributed by atoms with Gasteiger partial charge in [-0.1, -0.05) is 48.9 Å². The number of nitrogens with one attached hydrogen (secondary N) is 1. The Morgan fingerprint density at radius 2 is 1.77 bits per heavy atom. The van der Waals surface area contributed by atoms with Crippen LogP contribution in [0.2, 0.25) is 0 Å². The van der Waals surface area contributed by atoms with Gasteiger partial charge in [-0.3, -0.25) is 9.10 Å². The molecule has 2 rings (SSSR count). The lowest BCUT2D eigenvalue weighted by molar-refractivity contribution is -0.122. The average Bonchev–Trinajstić information content (AvgIpc) is 2.59. The molecule has 0 aromatic heterocycles. The minimum absolute atomic E-state index is 0.337. The van der Waals surface area contributed by atoms with Crippen LogP contribution in [-0.4, -0.2) is 26.6 Å². The van der Waals surface area contributed by atoms with Gasteiger partial charge in [0.25, 0.3) is 0 Å². The fourth-order valence-corrected chi connectivity index (χ4v) is 4.02. The molecule has 2 aromatic rings. The summed E-state index contributed by atoms with van der Waals surface area (Å²) in [5.74, 6) is -0.337. The Morgan fingerprint density at radius 3 is 2.31 bits per heavy atom. The van der Waals surface area contributed by atoms with Crippen LogP contribution in [0, 0.1) is 6.92 Å². The highest BCUT2D eigenvalue weighted by Gasteiger charge is 2.28. The summed E-state index contributed by atoms with van der Waals surface area (Å²) < 4.78 is 25.8. The SMILES string of the molecule is CCc1ccc(N([C@@H](C)C(=O)NCc2cccc(C)c2)S(C)(=O)=O)cc1. The smallest absolute Gasteiger partial charge is 0.243 e. The van der Waals surface area contributed by atoms with Gasteiger partial charge in [0.1, 0.15) is 6.04 Å². The van der Waals surface area contributed by atoms with Crippen molar-refractivity contribution in [1.29, 1.82) is 0 Å². The van der Waals surface area contributed by atoms with Crippen LogP contribution < -0.4 is 9.62 Å². The van der Waals surface area contributed by atoms with Crippen LogP contribution in [-0.2, 0) is 27.8 Å². The van der Waals surface area contributed by atoms with E-state index >= 15 is 0 Å². The van der Waals surface area contributed by atoms with Crippen LogP contribution in [0.4, 0.5) is 5.69 Å². The number of rotatable bonds is 7. The number of hydrogen-bond acceptors (Lipinski definition) is 3. The summed E-state index contributed by atoms with van der Waals surface area (Å²) in [6.07, 6.45) is 1.98. The van der Waals surface area contributed by atoms with E-state index in [1.807, 2.05) is 50.2 Å². The molecule has 0 unspecified atom stereocenters. The van der Waals surface area contributed by atoms with Gasteiger partial charge in [0.05, 0.1) is 11.9 Å². The molecule has 0 radical (unpaired) electrons. The number of amides is 1. The molecule has 6 heteroatoms. The summed E-state index contributed by atoms with van der Waals surface area (Å²) in [5.41, 5.74) is 3.68. The van der Waals surface area contributed by atoms with Crippen LogP contribution in [0.5, 0.6) is 0 Å². The van der Waals surface area contributed by atoms with E-state index in [4.69, 9.17) is 0 Å². The monoisotopic (exact) mass is 374 g/mol. The van der Waals surface area contributed by atoms with E-state index in [1.165, 1.54) is 0 Å². The molecule has 0 saturated heterocycles. The molecule has 1 N–H and O–H groups in total. The molecule has 0 bridgehead atoms. The Bertz CT molecular complexity index is 861. The second kappa shape index (κ2) is 8.36. The van der Waals surface area contributed by atoms with Crippen LogP contribution >= 0.6 is 0 Å². The summed E-state index contributed by atoms with van der Waals surface area (Å²) in [4.78, 5) is 12.6. The first kappa shape index (κ1) is 20.0. The van der Waals surface area contributed by atoms with Crippen molar-refractivity contribution in [2.24, 2.45) is 0 Å². The molecule has 0 aliphatic rings. The average molecular weight is 375 g/mol. The Hall–Kier alpha value is -2.34. The lowest BCUT2D eigenvalue weighted by Crippen LogP contribution is -2.47. The van der Waals surface area contributed by atoms with Crippen molar-refractivity contribution >= 4 is 21.6 Å². The van der Waals surface area contributed by atoms with Crippen LogP contribution in [0.3, 0.4) is 0 Å². The third-order valence-electron chi connectivity index (χ3n) is 4.24. The van der Waals surface area contributed by atoms with Gasteiger partial charge in [0, 0.05) is 6.54 Å². The molecule has 0 spiro atoms. The van der Waals surface area contributed by atoms with E-state index in [2.05, 4.69) is 5.32 Å². The topological polar surface area (TPSA) is 66.5 Å². The third-order valence-corrected chi connectivity index (χ3v) is 5.48. The number of nitrogens with zero attached hydrogens (tertiary/aromatic N) is 1. The predicted molar refractivity (Wildman–Crippen MR) is 106 cm³/mol. The van der Waals surface area contributed by atoms with E-state index in [0.29, 0.717) is 12.2 Å². The molecule has 0 fully saturated rings. The molecule has 5 nitrogen and oxygen atoms in total. The standard InChI is InChI=1S/C20H26N2O3S/c1-5-17-9-11-19(12-10-17)22(26(4,24)25)16(3)20(23)21-14-18-8-6-7-15(2)13-18/h6-13,16H,5,14H2,1-4H3,(H,21,23)/t16-/m0/s1. The van der Waals surface area contributed by atoms with Gasteiger partial charge < -0.3 is 5.32 Å². The summed E-state index contributed by atoms with van der Waals surface area (Å²) in [7, 11) is -3.60. The zero-order valence-corrected chi connectivity index (χ0v) is 16.5. The van der Waals surface area contributed by atoms with Gasteiger partial charge in [0.15, 0.2) is 0 Å². The maximum Gasteiger partial charge on any atom is 0.243 e. The fourth-order valence-electron chi connectivity index (χ4n) is 2.85. The van der Waals surface area contributed by atoms with Crippen LogP contribution in [0.25, 0.3) is 0 Å². The summed E-state index contributed by atoms with van der Waals surface area (Å²) in [6, 6.07) is 14.2. The van der Waals surface area contributed by atoms with Gasteiger partial charge >= 0.3 is 0 Å². The second-order valence-corrected chi connectivity index (χ2v) is 8.32. The molecule has 26 heavy (non-hydrogen) atoms. The number of benzene rings is 2. The predicted octanol–water partition coefficient (Wildman–Crippen LogP) is 3.03. The number of aryl methyl sites for hydroxylation is 2. The number of carbonyl (C=O) groups excluding carboxylic acids is 1. The van der Waals surface area contributed by atoms with Crippen molar-refractivity contribution in [1.82, 2.24) is 5.32 Å². The van der Waals surface area contributed by atoms with Gasteiger partial charge in [-0.05, 0) is 43.5 Å². The zero-order valence-electron chi connectivity index (χ0n) is 15.7. The summed E-state index contributed by atoms with van der Waals surface area (Å²) >= 11 is 0. The first-order chi connectivity index (χ1) is 12.2. The van der Waals surface area contributed by atoms with E-state index in [-0.39, 0.29) is 5.91 Å². The quantitative estimate of drug-likeness (QED) is 0.810. The van der Waals surface area contributed by atoms with Crippen molar-refractivity contribution in [3.63, 3.8) is 0 Å². The highest BCUT2D eigenvalue weighted by Crippen LogP contribution is 2.21. The molecular formula is C20H26N2O3S. The van der Waals surface area contributed by atoms with Crippen molar-refractivity contribution < 1.29 is 13.2 Å². The summed E-state index contributed by atoms with van der Waals surface area (Å²) in [5, 5.41) is 2.83. The molecule has 0 heterocycles. The third kappa shape index (κ3) is 5.08. The van der Waals surface area contributed by atoms with Crippen molar-refractivity contribution in [2.75, 3.05) is 10.6 Å². The Balaban J connectivity index is 2.17. The number of sulfonamides is 1. The molecule has 1 amide bonds. The lowest BCUT2D eigenvalue weighted by atomic mass is 10.1. The fraction of sp³-hybridized carbons (Fsp3) is 0.350. The Morgan fingerprint density at radius 1 is 1.12 bits per heavy atom. The van der Waals surface area contributed by atoms with Crippen LogP contribution in [0.15, 0.2) is 48.5 Å². The van der Waals surface area contributed by atoms with Gasteiger partial charge in [-0.2, -0.15) is 0 Å². The van der Waals surface area contributed by atoms with E-state index in [9.17, 15) is 13.2 Å². The number of carbonyl (C=O) groups is 1.